The summed E-state index contributed by atoms with van der Waals surface area (Å²) in [5.41, 5.74) is 6.98. The van der Waals surface area contributed by atoms with E-state index in [1.165, 1.54) is 33.6 Å². The lowest BCUT2D eigenvalue weighted by Gasteiger charge is -2.20. The van der Waals surface area contributed by atoms with Crippen molar-refractivity contribution in [3.05, 3.63) is 83.7 Å². The highest BCUT2D eigenvalue weighted by Crippen LogP contribution is 2.52. The van der Waals surface area contributed by atoms with Gasteiger partial charge < -0.3 is 17.3 Å². The molecule has 2 bridgehead atoms. The Balaban J connectivity index is 0.000000369. The zero-order chi connectivity index (χ0) is 20.8. The molecule has 0 saturated carbocycles. The van der Waals surface area contributed by atoms with Gasteiger partial charge in [0.2, 0.25) is 0 Å². The molecular formula is C22H21BF4N2. The molecule has 2 aromatic carbocycles. The SMILES string of the molecule is Cn1c(C23C=C(c4ccccc4)C(=CC2)C3)[n+](C)c2ccccc21.F[B-](F)(F)F. The molecule has 1 aromatic heterocycles. The highest BCUT2D eigenvalue weighted by atomic mass is 19.5. The van der Waals surface area contributed by atoms with Gasteiger partial charge in [0, 0.05) is 0 Å². The third-order valence-corrected chi connectivity index (χ3v) is 5.76. The average molecular weight is 400 g/mol. The van der Waals surface area contributed by atoms with Gasteiger partial charge in [0.25, 0.3) is 5.82 Å². The monoisotopic (exact) mass is 400 g/mol. The molecule has 2 nitrogen and oxygen atoms in total. The van der Waals surface area contributed by atoms with Crippen LogP contribution in [0.1, 0.15) is 24.2 Å². The largest absolute Gasteiger partial charge is 0.673 e. The molecular weight excluding hydrogens is 379 g/mol. The number of benzene rings is 2. The van der Waals surface area contributed by atoms with Gasteiger partial charge in [0.1, 0.15) is 0 Å². The van der Waals surface area contributed by atoms with E-state index in [0.717, 1.165) is 12.8 Å². The van der Waals surface area contributed by atoms with Crippen molar-refractivity contribution in [2.45, 2.75) is 18.3 Å². The normalized spacial score (nSPS) is 20.3. The predicted octanol–water partition coefficient (Wildman–Crippen LogP) is 5.36. The zero-order valence-electron chi connectivity index (χ0n) is 16.2. The quantitative estimate of drug-likeness (QED) is 0.311. The van der Waals surface area contributed by atoms with E-state index in [1.54, 1.807) is 0 Å². The van der Waals surface area contributed by atoms with Crippen LogP contribution in [0.2, 0.25) is 0 Å². The summed E-state index contributed by atoms with van der Waals surface area (Å²) in [5.74, 6) is 1.40. The number of hydrogen-bond donors (Lipinski definition) is 0. The number of rotatable bonds is 2. The molecule has 0 radical (unpaired) electrons. The Morgan fingerprint density at radius 2 is 1.59 bits per heavy atom. The maximum atomic E-state index is 9.75. The number of aryl methyl sites for hydroxylation is 2. The van der Waals surface area contributed by atoms with Crippen LogP contribution < -0.4 is 4.57 Å². The fraction of sp³-hybridized carbons (Fsp3) is 0.227. The van der Waals surface area contributed by atoms with Crippen molar-refractivity contribution >= 4 is 23.9 Å². The van der Waals surface area contributed by atoms with Gasteiger partial charge in [0.05, 0.1) is 19.5 Å². The van der Waals surface area contributed by atoms with Crippen molar-refractivity contribution in [2.75, 3.05) is 0 Å². The minimum absolute atomic E-state index is 0.100. The summed E-state index contributed by atoms with van der Waals surface area (Å²) < 4.78 is 43.8. The van der Waals surface area contributed by atoms with E-state index in [9.17, 15) is 17.3 Å². The van der Waals surface area contributed by atoms with E-state index in [4.69, 9.17) is 0 Å². The smallest absolute Gasteiger partial charge is 0.418 e. The first-order chi connectivity index (χ1) is 13.7. The van der Waals surface area contributed by atoms with Crippen molar-refractivity contribution in [3.8, 4) is 0 Å². The average Bonchev–Trinajstić information content (AvgIpc) is 3.33. The van der Waals surface area contributed by atoms with Crippen LogP contribution in [0.4, 0.5) is 17.3 Å². The number of allylic oxidation sites excluding steroid dienone is 4. The maximum absolute atomic E-state index is 9.75. The lowest BCUT2D eigenvalue weighted by molar-refractivity contribution is -0.657. The molecule has 1 heterocycles. The van der Waals surface area contributed by atoms with Crippen LogP contribution in [0.25, 0.3) is 16.6 Å². The Morgan fingerprint density at radius 3 is 2.24 bits per heavy atom. The minimum atomic E-state index is -6.00. The van der Waals surface area contributed by atoms with Gasteiger partial charge in [-0.1, -0.05) is 54.6 Å². The molecule has 5 rings (SSSR count). The third kappa shape index (κ3) is 3.50. The Kier molecular flexibility index (Phi) is 4.64. The van der Waals surface area contributed by atoms with E-state index in [2.05, 4.69) is 90.0 Å². The summed E-state index contributed by atoms with van der Waals surface area (Å²) in [4.78, 5) is 0. The number of para-hydroxylation sites is 2. The fourth-order valence-corrected chi connectivity index (χ4v) is 4.75. The van der Waals surface area contributed by atoms with Crippen molar-refractivity contribution in [1.82, 2.24) is 4.57 Å². The molecule has 0 fully saturated rings. The summed E-state index contributed by atoms with van der Waals surface area (Å²) in [6, 6.07) is 19.5. The first kappa shape index (κ1) is 19.5. The second-order valence-corrected chi connectivity index (χ2v) is 7.62. The van der Waals surface area contributed by atoms with Gasteiger partial charge in [-0.05, 0) is 41.7 Å². The van der Waals surface area contributed by atoms with E-state index in [-0.39, 0.29) is 5.41 Å². The number of aromatic nitrogens is 2. The highest BCUT2D eigenvalue weighted by molar-refractivity contribution is 6.50. The third-order valence-electron chi connectivity index (χ3n) is 5.76. The second-order valence-electron chi connectivity index (χ2n) is 7.62. The van der Waals surface area contributed by atoms with E-state index in [0.29, 0.717) is 0 Å². The van der Waals surface area contributed by atoms with E-state index >= 15 is 0 Å². The molecule has 29 heavy (non-hydrogen) atoms. The molecule has 3 aromatic rings. The molecule has 0 aliphatic heterocycles. The van der Waals surface area contributed by atoms with Crippen LogP contribution in [0.5, 0.6) is 0 Å². The Morgan fingerprint density at radius 1 is 0.966 bits per heavy atom. The van der Waals surface area contributed by atoms with Gasteiger partial charge >= 0.3 is 7.25 Å². The molecule has 0 spiro atoms. The van der Waals surface area contributed by atoms with E-state index < -0.39 is 7.25 Å². The van der Waals surface area contributed by atoms with Crippen LogP contribution in [0.3, 0.4) is 0 Å². The first-order valence-corrected chi connectivity index (χ1v) is 9.48. The van der Waals surface area contributed by atoms with Crippen LogP contribution in [-0.2, 0) is 19.5 Å². The molecule has 0 saturated heterocycles. The number of halogens is 4. The molecule has 7 heteroatoms. The van der Waals surface area contributed by atoms with Gasteiger partial charge in [-0.2, -0.15) is 0 Å². The number of nitrogens with zero attached hydrogens (tertiary/aromatic N) is 2. The van der Waals surface area contributed by atoms with Crippen molar-refractivity contribution in [1.29, 1.82) is 0 Å². The summed E-state index contributed by atoms with van der Waals surface area (Å²) in [5, 5.41) is 0. The van der Waals surface area contributed by atoms with Crippen molar-refractivity contribution in [3.63, 3.8) is 0 Å². The lowest BCUT2D eigenvalue weighted by atomic mass is 9.85. The predicted molar refractivity (Wildman–Crippen MR) is 108 cm³/mol. The Bertz CT molecular complexity index is 1080. The molecule has 0 N–H and O–H groups in total. The van der Waals surface area contributed by atoms with Crippen LogP contribution in [0, 0.1) is 0 Å². The second kappa shape index (κ2) is 6.90. The highest BCUT2D eigenvalue weighted by Gasteiger charge is 2.49. The molecule has 2 aliphatic carbocycles. The van der Waals surface area contributed by atoms with Crippen molar-refractivity contribution < 1.29 is 21.8 Å². The molecule has 2 aliphatic rings. The van der Waals surface area contributed by atoms with Crippen LogP contribution in [-0.4, -0.2) is 11.8 Å². The van der Waals surface area contributed by atoms with Crippen LogP contribution in [0.15, 0.2) is 72.3 Å². The minimum Gasteiger partial charge on any atom is -0.418 e. The molecule has 1 atom stereocenters. The number of hydrogen-bond acceptors (Lipinski definition) is 0. The Hall–Kier alpha value is -2.83. The van der Waals surface area contributed by atoms with Gasteiger partial charge in [0.15, 0.2) is 11.0 Å². The molecule has 150 valence electrons. The summed E-state index contributed by atoms with van der Waals surface area (Å²) >= 11 is 0. The lowest BCUT2D eigenvalue weighted by Crippen LogP contribution is -2.41. The number of fused-ring (bicyclic) bond motifs is 3. The molecule has 1 unspecified atom stereocenters. The Labute approximate surface area is 166 Å². The number of imidazole rings is 1. The van der Waals surface area contributed by atoms with Gasteiger partial charge in [-0.25, -0.2) is 9.13 Å². The van der Waals surface area contributed by atoms with Crippen LogP contribution >= 0.6 is 0 Å². The van der Waals surface area contributed by atoms with E-state index in [1.807, 2.05) is 0 Å². The maximum Gasteiger partial charge on any atom is 0.673 e. The molecule has 0 amide bonds. The zero-order valence-corrected chi connectivity index (χ0v) is 16.2. The van der Waals surface area contributed by atoms with Crippen molar-refractivity contribution in [2.24, 2.45) is 14.1 Å². The standard InChI is InChI=1S/C22H21N2.BF4/c1-23-19-10-6-7-11-20(19)24(2)21(23)22-13-12-17(14-22)18(15-22)16-8-4-3-5-9-16;2-1(3,4)5/h3-12,15H,13-14H2,1-2H3;/q+1;-1. The van der Waals surface area contributed by atoms with Gasteiger partial charge in [-0.3, -0.25) is 0 Å². The topological polar surface area (TPSA) is 8.81 Å². The fourth-order valence-electron chi connectivity index (χ4n) is 4.75. The van der Waals surface area contributed by atoms with Gasteiger partial charge in [-0.15, -0.1) is 0 Å². The summed E-state index contributed by atoms with van der Waals surface area (Å²) in [7, 11) is -1.59. The first-order valence-electron chi connectivity index (χ1n) is 9.48. The summed E-state index contributed by atoms with van der Waals surface area (Å²) in [6.07, 6.45) is 7.19. The summed E-state index contributed by atoms with van der Waals surface area (Å²) in [6.45, 7) is 0.